The lowest BCUT2D eigenvalue weighted by Gasteiger charge is -2.15. The Bertz CT molecular complexity index is 436. The van der Waals surface area contributed by atoms with Gasteiger partial charge in [-0.15, -0.1) is 0 Å². The summed E-state index contributed by atoms with van der Waals surface area (Å²) in [5, 5.41) is 13.2. The molecule has 2 rings (SSSR count). The number of benzene rings is 1. The molecule has 0 radical (unpaired) electrons. The second kappa shape index (κ2) is 8.73. The summed E-state index contributed by atoms with van der Waals surface area (Å²) in [6, 6.07) is 5.91. The van der Waals surface area contributed by atoms with E-state index in [1.807, 2.05) is 25.1 Å². The highest BCUT2D eigenvalue weighted by Crippen LogP contribution is 2.25. The lowest BCUT2D eigenvalue weighted by atomic mass is 10.2. The fourth-order valence-corrected chi connectivity index (χ4v) is 2.98. The van der Waals surface area contributed by atoms with Crippen molar-refractivity contribution in [2.24, 2.45) is 0 Å². The molecular weight excluding hydrogens is 334 g/mol. The van der Waals surface area contributed by atoms with E-state index in [1.165, 1.54) is 12.0 Å². The van der Waals surface area contributed by atoms with Crippen molar-refractivity contribution in [1.82, 2.24) is 5.32 Å². The summed E-state index contributed by atoms with van der Waals surface area (Å²) in [6.45, 7) is 4.62. The molecule has 5 heteroatoms. The van der Waals surface area contributed by atoms with Crippen LogP contribution in [0.5, 0.6) is 5.75 Å². The van der Waals surface area contributed by atoms with Crippen LogP contribution in [0.4, 0.5) is 0 Å². The summed E-state index contributed by atoms with van der Waals surface area (Å²) in [6.07, 6.45) is 3.23. The molecule has 21 heavy (non-hydrogen) atoms. The number of nitrogens with one attached hydrogen (secondary N) is 1. The van der Waals surface area contributed by atoms with E-state index in [2.05, 4.69) is 21.2 Å². The van der Waals surface area contributed by atoms with E-state index in [4.69, 9.17) is 9.47 Å². The van der Waals surface area contributed by atoms with E-state index >= 15 is 0 Å². The first-order chi connectivity index (χ1) is 10.1. The number of aryl methyl sites for hydroxylation is 1. The second-order valence-electron chi connectivity index (χ2n) is 5.53. The maximum absolute atomic E-state index is 9.91. The Morgan fingerprint density at radius 3 is 3.10 bits per heavy atom. The quantitative estimate of drug-likeness (QED) is 0.702. The molecule has 1 aromatic rings. The zero-order valence-electron chi connectivity index (χ0n) is 12.5. The summed E-state index contributed by atoms with van der Waals surface area (Å²) in [7, 11) is 0. The van der Waals surface area contributed by atoms with E-state index in [9.17, 15) is 5.11 Å². The highest BCUT2D eigenvalue weighted by atomic mass is 79.9. The Morgan fingerprint density at radius 1 is 1.52 bits per heavy atom. The molecule has 1 aliphatic heterocycles. The molecule has 0 aliphatic carbocycles. The molecule has 118 valence electrons. The first-order valence-electron chi connectivity index (χ1n) is 7.54. The van der Waals surface area contributed by atoms with Crippen LogP contribution in [0.1, 0.15) is 24.8 Å². The van der Waals surface area contributed by atoms with Gasteiger partial charge in [-0.1, -0.05) is 6.07 Å². The first kappa shape index (κ1) is 16.7. The summed E-state index contributed by atoms with van der Waals surface area (Å²) in [5.74, 6) is 0.763. The summed E-state index contributed by atoms with van der Waals surface area (Å²) in [5.41, 5.74) is 1.17. The lowest BCUT2D eigenvalue weighted by Crippen LogP contribution is -2.33. The van der Waals surface area contributed by atoms with Crippen LogP contribution in [0.15, 0.2) is 22.7 Å². The Labute approximate surface area is 135 Å². The molecule has 0 amide bonds. The first-order valence-corrected chi connectivity index (χ1v) is 8.34. The van der Waals surface area contributed by atoms with Crippen LogP contribution in [0.25, 0.3) is 0 Å². The van der Waals surface area contributed by atoms with Crippen LogP contribution in [0.2, 0.25) is 0 Å². The molecule has 1 aromatic carbocycles. The SMILES string of the molecule is Cc1ccc(OCC(O)CNCCC2CCCO2)c(Br)c1. The van der Waals surface area contributed by atoms with Crippen molar-refractivity contribution in [3.63, 3.8) is 0 Å². The van der Waals surface area contributed by atoms with Crippen LogP contribution in [-0.4, -0.2) is 43.6 Å². The van der Waals surface area contributed by atoms with E-state index in [1.54, 1.807) is 0 Å². The lowest BCUT2D eigenvalue weighted by molar-refractivity contribution is 0.0940. The number of aliphatic hydroxyl groups excluding tert-OH is 1. The van der Waals surface area contributed by atoms with Crippen LogP contribution >= 0.6 is 15.9 Å². The minimum atomic E-state index is -0.511. The molecule has 1 fully saturated rings. The topological polar surface area (TPSA) is 50.7 Å². The van der Waals surface area contributed by atoms with E-state index in [0.29, 0.717) is 12.6 Å². The molecule has 1 heterocycles. The van der Waals surface area contributed by atoms with Gasteiger partial charge in [-0.05, 0) is 66.4 Å². The molecule has 0 saturated carbocycles. The van der Waals surface area contributed by atoms with Crippen LogP contribution in [0, 0.1) is 6.92 Å². The molecule has 0 spiro atoms. The predicted octanol–water partition coefficient (Wildman–Crippen LogP) is 2.66. The van der Waals surface area contributed by atoms with E-state index in [0.717, 1.165) is 36.2 Å². The van der Waals surface area contributed by atoms with E-state index < -0.39 is 6.10 Å². The Hall–Kier alpha value is -0.620. The Morgan fingerprint density at radius 2 is 2.38 bits per heavy atom. The minimum Gasteiger partial charge on any atom is -0.490 e. The maximum Gasteiger partial charge on any atom is 0.133 e. The van der Waals surface area contributed by atoms with Crippen molar-refractivity contribution in [1.29, 1.82) is 0 Å². The molecule has 0 aromatic heterocycles. The van der Waals surface area contributed by atoms with Gasteiger partial charge in [0.15, 0.2) is 0 Å². The Balaban J connectivity index is 1.59. The zero-order chi connectivity index (χ0) is 15.1. The summed E-state index contributed by atoms with van der Waals surface area (Å²) in [4.78, 5) is 0. The largest absolute Gasteiger partial charge is 0.490 e. The molecule has 2 atom stereocenters. The molecule has 1 saturated heterocycles. The number of aliphatic hydroxyl groups is 1. The normalized spacial score (nSPS) is 19.7. The maximum atomic E-state index is 9.91. The monoisotopic (exact) mass is 357 g/mol. The average molecular weight is 358 g/mol. The number of hydrogen-bond acceptors (Lipinski definition) is 4. The third-order valence-electron chi connectivity index (χ3n) is 3.57. The predicted molar refractivity (Wildman–Crippen MR) is 86.8 cm³/mol. The standard InChI is InChI=1S/C16H24BrNO3/c1-12-4-5-16(15(17)9-12)21-11-13(19)10-18-7-6-14-3-2-8-20-14/h4-5,9,13-14,18-19H,2-3,6-8,10-11H2,1H3. The van der Waals surface area contributed by atoms with Gasteiger partial charge in [-0.3, -0.25) is 0 Å². The van der Waals surface area contributed by atoms with Gasteiger partial charge in [0.05, 0.1) is 10.6 Å². The van der Waals surface area contributed by atoms with Crippen molar-refractivity contribution in [3.8, 4) is 5.75 Å². The number of hydrogen-bond donors (Lipinski definition) is 2. The molecule has 2 N–H and O–H groups in total. The van der Waals surface area contributed by atoms with Crippen molar-refractivity contribution in [2.75, 3.05) is 26.3 Å². The number of ether oxygens (including phenoxy) is 2. The number of rotatable bonds is 8. The van der Waals surface area contributed by atoms with Crippen LogP contribution in [-0.2, 0) is 4.74 Å². The second-order valence-corrected chi connectivity index (χ2v) is 6.38. The molecule has 1 aliphatic rings. The fraction of sp³-hybridized carbons (Fsp3) is 0.625. The fourth-order valence-electron chi connectivity index (χ4n) is 2.37. The summed E-state index contributed by atoms with van der Waals surface area (Å²) >= 11 is 3.46. The van der Waals surface area contributed by atoms with Crippen LogP contribution in [0.3, 0.4) is 0 Å². The van der Waals surface area contributed by atoms with Crippen LogP contribution < -0.4 is 10.1 Å². The highest BCUT2D eigenvalue weighted by Gasteiger charge is 2.14. The Kier molecular flexibility index (Phi) is 6.96. The molecule has 4 nitrogen and oxygen atoms in total. The van der Waals surface area contributed by atoms with Crippen molar-refractivity contribution >= 4 is 15.9 Å². The molecule has 2 unspecified atom stereocenters. The van der Waals surface area contributed by atoms with Gasteiger partial charge in [-0.25, -0.2) is 0 Å². The third-order valence-corrected chi connectivity index (χ3v) is 4.19. The van der Waals surface area contributed by atoms with E-state index in [-0.39, 0.29) is 6.61 Å². The van der Waals surface area contributed by atoms with Crippen molar-refractivity contribution in [2.45, 2.75) is 38.4 Å². The minimum absolute atomic E-state index is 0.286. The van der Waals surface area contributed by atoms with Gasteiger partial charge in [0, 0.05) is 13.2 Å². The van der Waals surface area contributed by atoms with Gasteiger partial charge in [-0.2, -0.15) is 0 Å². The van der Waals surface area contributed by atoms with Gasteiger partial charge in [0.25, 0.3) is 0 Å². The zero-order valence-corrected chi connectivity index (χ0v) is 14.1. The van der Waals surface area contributed by atoms with Gasteiger partial charge >= 0.3 is 0 Å². The average Bonchev–Trinajstić information content (AvgIpc) is 2.96. The van der Waals surface area contributed by atoms with Gasteiger partial charge in [0.1, 0.15) is 18.5 Å². The van der Waals surface area contributed by atoms with Crippen molar-refractivity contribution in [3.05, 3.63) is 28.2 Å². The number of halogens is 1. The molecule has 0 bridgehead atoms. The third kappa shape index (κ3) is 5.94. The summed E-state index contributed by atoms with van der Waals surface area (Å²) < 4.78 is 12.1. The van der Waals surface area contributed by atoms with Crippen molar-refractivity contribution < 1.29 is 14.6 Å². The smallest absolute Gasteiger partial charge is 0.133 e. The van der Waals surface area contributed by atoms with Gasteiger partial charge in [0.2, 0.25) is 0 Å². The molecular formula is C16H24BrNO3. The highest BCUT2D eigenvalue weighted by molar-refractivity contribution is 9.10. The van der Waals surface area contributed by atoms with Gasteiger partial charge < -0.3 is 19.9 Å².